The highest BCUT2D eigenvalue weighted by Gasteiger charge is 2.41. The number of fused-ring (bicyclic) bond motifs is 1. The van der Waals surface area contributed by atoms with Gasteiger partial charge in [-0.05, 0) is 48.3 Å². The van der Waals surface area contributed by atoms with Crippen molar-refractivity contribution in [1.82, 2.24) is 9.61 Å². The highest BCUT2D eigenvalue weighted by atomic mass is 16.1. The zero-order valence-electron chi connectivity index (χ0n) is 17.0. The number of aryl methyl sites for hydroxylation is 1. The Balaban J connectivity index is 1.84. The third-order valence-corrected chi connectivity index (χ3v) is 6.73. The number of hydrogen-bond acceptors (Lipinski definition) is 3. The van der Waals surface area contributed by atoms with Gasteiger partial charge in [-0.15, -0.1) is 0 Å². The summed E-state index contributed by atoms with van der Waals surface area (Å²) >= 11 is 0. The SMILES string of the molecule is Cc1ccccc1-c1cc2c(NC3CCC(C)C3(C)C)c(C(N)=O)cnn2c1. The number of amides is 1. The Bertz CT molecular complexity index is 1050. The van der Waals surface area contributed by atoms with E-state index < -0.39 is 5.91 Å². The summed E-state index contributed by atoms with van der Waals surface area (Å²) in [4.78, 5) is 12.1. The lowest BCUT2D eigenvalue weighted by Gasteiger charge is -2.33. The van der Waals surface area contributed by atoms with Crippen LogP contribution < -0.4 is 11.1 Å². The lowest BCUT2D eigenvalue weighted by atomic mass is 9.80. The molecule has 3 N–H and O–H groups in total. The Morgan fingerprint density at radius 1 is 1.29 bits per heavy atom. The molecule has 5 heteroatoms. The van der Waals surface area contributed by atoms with Crippen LogP contribution in [-0.2, 0) is 0 Å². The van der Waals surface area contributed by atoms with E-state index in [1.165, 1.54) is 12.0 Å². The van der Waals surface area contributed by atoms with Gasteiger partial charge < -0.3 is 11.1 Å². The molecule has 0 aliphatic heterocycles. The van der Waals surface area contributed by atoms with Crippen molar-refractivity contribution in [3.8, 4) is 11.1 Å². The van der Waals surface area contributed by atoms with E-state index in [2.05, 4.69) is 56.3 Å². The minimum Gasteiger partial charge on any atom is -0.379 e. The molecule has 0 spiro atoms. The minimum absolute atomic E-state index is 0.140. The number of rotatable bonds is 4. The zero-order chi connectivity index (χ0) is 20.1. The molecule has 0 bridgehead atoms. The summed E-state index contributed by atoms with van der Waals surface area (Å²) in [5.74, 6) is 0.161. The number of anilines is 1. The molecule has 28 heavy (non-hydrogen) atoms. The van der Waals surface area contributed by atoms with Crippen LogP contribution >= 0.6 is 0 Å². The standard InChI is InChI=1S/C23H28N4O/c1-14-7-5-6-8-17(14)16-11-19-21(18(22(24)28)12-25-27(19)13-16)26-20-10-9-15(2)23(20,3)4/h5-8,11-13,15,20,26H,9-10H2,1-4H3,(H2,24,28). The van der Waals surface area contributed by atoms with Crippen LogP contribution in [0.25, 0.3) is 16.6 Å². The molecule has 1 amide bonds. The van der Waals surface area contributed by atoms with Crippen LogP contribution in [0.5, 0.6) is 0 Å². The van der Waals surface area contributed by atoms with E-state index in [9.17, 15) is 4.79 Å². The van der Waals surface area contributed by atoms with Crippen molar-refractivity contribution in [2.45, 2.75) is 46.6 Å². The molecule has 0 radical (unpaired) electrons. The van der Waals surface area contributed by atoms with Gasteiger partial charge in [0.25, 0.3) is 5.91 Å². The maximum atomic E-state index is 12.1. The van der Waals surface area contributed by atoms with Gasteiger partial charge in [0.15, 0.2) is 0 Å². The maximum Gasteiger partial charge on any atom is 0.252 e. The molecular weight excluding hydrogens is 348 g/mol. The number of benzene rings is 1. The fraction of sp³-hybridized carbons (Fsp3) is 0.391. The second-order valence-corrected chi connectivity index (χ2v) is 8.67. The summed E-state index contributed by atoms with van der Waals surface area (Å²) in [5, 5.41) is 8.11. The first-order chi connectivity index (χ1) is 13.3. The number of hydrogen-bond donors (Lipinski definition) is 2. The van der Waals surface area contributed by atoms with Crippen molar-refractivity contribution in [1.29, 1.82) is 0 Å². The molecule has 1 saturated carbocycles. The van der Waals surface area contributed by atoms with Crippen LogP contribution in [-0.4, -0.2) is 21.6 Å². The second kappa shape index (κ2) is 6.66. The van der Waals surface area contributed by atoms with Crippen LogP contribution in [0.1, 0.15) is 49.5 Å². The molecule has 2 atom stereocenters. The molecule has 4 rings (SSSR count). The van der Waals surface area contributed by atoms with E-state index in [0.717, 1.165) is 28.8 Å². The molecule has 3 aromatic rings. The van der Waals surface area contributed by atoms with Crippen LogP contribution in [0.4, 0.5) is 5.69 Å². The molecule has 2 unspecified atom stereocenters. The summed E-state index contributed by atoms with van der Waals surface area (Å²) in [6.45, 7) is 8.98. The molecule has 2 heterocycles. The third-order valence-electron chi connectivity index (χ3n) is 6.73. The Hall–Kier alpha value is -2.82. The van der Waals surface area contributed by atoms with Crippen LogP contribution in [0.3, 0.4) is 0 Å². The van der Waals surface area contributed by atoms with Crippen LogP contribution in [0.2, 0.25) is 0 Å². The second-order valence-electron chi connectivity index (χ2n) is 8.67. The summed E-state index contributed by atoms with van der Waals surface area (Å²) in [7, 11) is 0. The van der Waals surface area contributed by atoms with Gasteiger partial charge in [0.1, 0.15) is 0 Å². The van der Waals surface area contributed by atoms with Gasteiger partial charge in [0.2, 0.25) is 0 Å². The predicted molar refractivity (Wildman–Crippen MR) is 113 cm³/mol. The monoisotopic (exact) mass is 376 g/mol. The van der Waals surface area contributed by atoms with Gasteiger partial charge in [0.05, 0.1) is 23.0 Å². The van der Waals surface area contributed by atoms with E-state index in [4.69, 9.17) is 5.73 Å². The number of nitrogens with zero attached hydrogens (tertiary/aromatic N) is 2. The van der Waals surface area contributed by atoms with E-state index in [-0.39, 0.29) is 11.5 Å². The van der Waals surface area contributed by atoms with Gasteiger partial charge in [-0.2, -0.15) is 5.10 Å². The number of nitrogens with one attached hydrogen (secondary N) is 1. The summed E-state index contributed by atoms with van der Waals surface area (Å²) in [5.41, 5.74) is 11.4. The molecule has 5 nitrogen and oxygen atoms in total. The number of nitrogens with two attached hydrogens (primary N) is 1. The highest BCUT2D eigenvalue weighted by molar-refractivity contribution is 6.02. The molecular formula is C23H28N4O. The lowest BCUT2D eigenvalue weighted by Crippen LogP contribution is -2.35. The topological polar surface area (TPSA) is 72.4 Å². The van der Waals surface area contributed by atoms with Gasteiger partial charge >= 0.3 is 0 Å². The van der Waals surface area contributed by atoms with E-state index in [0.29, 0.717) is 11.5 Å². The van der Waals surface area contributed by atoms with E-state index in [1.54, 1.807) is 6.20 Å². The predicted octanol–water partition coefficient (Wildman–Crippen LogP) is 4.65. The summed E-state index contributed by atoms with van der Waals surface area (Å²) in [6, 6.07) is 10.7. The third kappa shape index (κ3) is 2.95. The molecule has 1 aliphatic carbocycles. The number of primary amides is 1. The van der Waals surface area contributed by atoms with Crippen molar-refractivity contribution in [3.05, 3.63) is 53.9 Å². The normalized spacial score (nSPS) is 21.1. The van der Waals surface area contributed by atoms with Crippen molar-refractivity contribution in [3.63, 3.8) is 0 Å². The van der Waals surface area contributed by atoms with Gasteiger partial charge in [0, 0.05) is 17.8 Å². The Morgan fingerprint density at radius 3 is 2.68 bits per heavy atom. The maximum absolute atomic E-state index is 12.1. The number of carbonyl (C=O) groups is 1. The van der Waals surface area contributed by atoms with Crippen LogP contribution in [0.15, 0.2) is 42.7 Å². The molecule has 2 aromatic heterocycles. The molecule has 1 fully saturated rings. The molecule has 146 valence electrons. The zero-order valence-corrected chi connectivity index (χ0v) is 17.0. The van der Waals surface area contributed by atoms with E-state index in [1.807, 2.05) is 22.8 Å². The average Bonchev–Trinajstić information content (AvgIpc) is 3.18. The summed E-state index contributed by atoms with van der Waals surface area (Å²) < 4.78 is 1.84. The smallest absolute Gasteiger partial charge is 0.252 e. The number of carbonyl (C=O) groups excluding carboxylic acids is 1. The summed E-state index contributed by atoms with van der Waals surface area (Å²) in [6.07, 6.45) is 5.83. The van der Waals surface area contributed by atoms with Crippen molar-refractivity contribution < 1.29 is 4.79 Å². The fourth-order valence-electron chi connectivity index (χ4n) is 4.38. The Morgan fingerprint density at radius 2 is 2.04 bits per heavy atom. The number of aromatic nitrogens is 2. The van der Waals surface area contributed by atoms with E-state index >= 15 is 0 Å². The first kappa shape index (κ1) is 18.5. The Labute approximate surface area is 165 Å². The Kier molecular flexibility index (Phi) is 4.41. The van der Waals surface area contributed by atoms with Crippen molar-refractivity contribution in [2.75, 3.05) is 5.32 Å². The fourth-order valence-corrected chi connectivity index (χ4v) is 4.38. The average molecular weight is 377 g/mol. The van der Waals surface area contributed by atoms with Gasteiger partial charge in [-0.3, -0.25) is 4.79 Å². The molecule has 0 saturated heterocycles. The van der Waals surface area contributed by atoms with Crippen molar-refractivity contribution in [2.24, 2.45) is 17.1 Å². The molecule has 1 aromatic carbocycles. The first-order valence-corrected chi connectivity index (χ1v) is 9.92. The highest BCUT2D eigenvalue weighted by Crippen LogP contribution is 2.44. The van der Waals surface area contributed by atoms with Gasteiger partial charge in [-0.1, -0.05) is 45.0 Å². The first-order valence-electron chi connectivity index (χ1n) is 9.92. The largest absolute Gasteiger partial charge is 0.379 e. The van der Waals surface area contributed by atoms with Crippen LogP contribution in [0, 0.1) is 18.3 Å². The minimum atomic E-state index is -0.458. The molecule has 1 aliphatic rings. The quantitative estimate of drug-likeness (QED) is 0.696. The lowest BCUT2D eigenvalue weighted by molar-refractivity contribution is 0.100. The van der Waals surface area contributed by atoms with Crippen molar-refractivity contribution >= 4 is 17.1 Å². The van der Waals surface area contributed by atoms with Gasteiger partial charge in [-0.25, -0.2) is 4.52 Å².